The number of aliphatic hydroxyl groups is 1. The Morgan fingerprint density at radius 2 is 1.57 bits per heavy atom. The number of likely N-dealkylation sites (N-methyl/N-ethyl adjacent to an activating group) is 1. The summed E-state index contributed by atoms with van der Waals surface area (Å²) in [5.74, 6) is 4.35. The molecule has 6 bridgehead atoms. The number of nitrogens with zero attached hydrogens (tertiary/aromatic N) is 1. The summed E-state index contributed by atoms with van der Waals surface area (Å²) in [5.41, 5.74) is 5.70. The summed E-state index contributed by atoms with van der Waals surface area (Å²) in [6, 6.07) is -0.261. The second-order valence-corrected chi connectivity index (χ2v) is 21.8. The Bertz CT molecular complexity index is 1350. The first-order valence-electron chi connectivity index (χ1n) is 23.2. The smallest absolute Gasteiger partial charge is 0.153 e. The molecule has 9 nitrogen and oxygen atoms in total. The predicted octanol–water partition coefficient (Wildman–Crippen LogP) is 4.60. The molecule has 0 radical (unpaired) electrons. The minimum Gasteiger partial charge on any atom is -0.392 e. The zero-order valence-corrected chi connectivity index (χ0v) is 35.0. The zero-order valence-electron chi connectivity index (χ0n) is 35.0. The van der Waals surface area contributed by atoms with Crippen LogP contribution in [0.2, 0.25) is 0 Å². The second-order valence-electron chi connectivity index (χ2n) is 21.8. The number of hydrogen-bond acceptors (Lipinski definition) is 9. The molecular formula is C45H78N6O3. The molecule has 9 heteroatoms. The Labute approximate surface area is 327 Å². The maximum atomic E-state index is 17.1. The molecule has 10 rings (SSSR count). The van der Waals surface area contributed by atoms with E-state index in [1.807, 2.05) is 6.92 Å². The molecule has 10 fully saturated rings. The predicted molar refractivity (Wildman–Crippen MR) is 215 cm³/mol. The average Bonchev–Trinajstić information content (AvgIpc) is 3.69. The van der Waals surface area contributed by atoms with Gasteiger partial charge in [0.05, 0.1) is 29.6 Å². The Morgan fingerprint density at radius 3 is 2.17 bits per heavy atom. The van der Waals surface area contributed by atoms with Crippen molar-refractivity contribution >= 4 is 5.78 Å². The highest BCUT2D eigenvalue weighted by Crippen LogP contribution is 2.64. The lowest BCUT2D eigenvalue weighted by molar-refractivity contribution is -0.146. The highest BCUT2D eigenvalue weighted by Gasteiger charge is 2.78. The van der Waals surface area contributed by atoms with E-state index >= 15 is 4.79 Å². The molecule has 5 saturated heterocycles. The van der Waals surface area contributed by atoms with Crippen LogP contribution in [-0.2, 0) is 9.53 Å². The number of Topliss-reactive ketones (excluding diaryl/α,β-unsaturated/α-hetero) is 1. The van der Waals surface area contributed by atoms with Gasteiger partial charge in [0.2, 0.25) is 0 Å². The van der Waals surface area contributed by atoms with E-state index in [2.05, 4.69) is 67.8 Å². The first kappa shape index (κ1) is 38.8. The average molecular weight is 751 g/mol. The third kappa shape index (κ3) is 5.68. The van der Waals surface area contributed by atoms with Gasteiger partial charge in [0.15, 0.2) is 5.78 Å². The van der Waals surface area contributed by atoms with Gasteiger partial charge in [0.25, 0.3) is 0 Å². The summed E-state index contributed by atoms with van der Waals surface area (Å²) in [6.45, 7) is 14.9. The van der Waals surface area contributed by atoms with E-state index in [1.54, 1.807) is 0 Å². The van der Waals surface area contributed by atoms with Crippen molar-refractivity contribution in [2.24, 2.45) is 57.5 Å². The van der Waals surface area contributed by atoms with Gasteiger partial charge in [-0.2, -0.15) is 0 Å². The monoisotopic (exact) mass is 751 g/mol. The van der Waals surface area contributed by atoms with Crippen molar-refractivity contribution in [1.29, 1.82) is 0 Å². The molecule has 5 aliphatic carbocycles. The van der Waals surface area contributed by atoms with Crippen LogP contribution in [0.25, 0.3) is 0 Å². The number of nitrogens with one attached hydrogen (secondary N) is 4. The van der Waals surface area contributed by atoms with Gasteiger partial charge in [-0.1, -0.05) is 47.0 Å². The molecule has 1 spiro atoms. The van der Waals surface area contributed by atoms with Gasteiger partial charge in [0, 0.05) is 67.0 Å². The fourth-order valence-corrected chi connectivity index (χ4v) is 16.8. The molecule has 7 unspecified atom stereocenters. The van der Waals surface area contributed by atoms with Crippen molar-refractivity contribution in [3.8, 4) is 0 Å². The Hall–Kier alpha value is -0.650. The SMILES string of the molecule is CCC12C(=O)C34C5N[C@@H](CN)C3N[C@H]([C@H](C)O)C4N[C@H](C)CO[C@H](CC34CC6CC(CC(C6)C3)C4)[C@H](C)C1N(C)[C@@H](CC(C)C)C2N[C@H]5C1CCCCC1. The molecular weight excluding hydrogens is 673 g/mol. The third-order valence-electron chi connectivity index (χ3n) is 18.2. The van der Waals surface area contributed by atoms with Crippen LogP contribution in [0.1, 0.15) is 131 Å². The van der Waals surface area contributed by atoms with Crippen LogP contribution in [0, 0.1) is 51.8 Å². The number of hydrogen-bond donors (Lipinski definition) is 6. The molecule has 0 aromatic carbocycles. The van der Waals surface area contributed by atoms with Gasteiger partial charge in [-0.25, -0.2) is 0 Å². The molecule has 5 saturated carbocycles. The first-order chi connectivity index (χ1) is 25.9. The van der Waals surface area contributed by atoms with Crippen LogP contribution in [-0.4, -0.2) is 109 Å². The number of nitrogens with two attached hydrogens (primary N) is 1. The molecule has 0 aromatic heterocycles. The summed E-state index contributed by atoms with van der Waals surface area (Å²) < 4.78 is 7.39. The minimum absolute atomic E-state index is 0.0321. The molecule has 54 heavy (non-hydrogen) atoms. The summed E-state index contributed by atoms with van der Waals surface area (Å²) in [6.07, 6.45) is 17.2. The van der Waals surface area contributed by atoms with E-state index in [4.69, 9.17) is 10.5 Å². The molecule has 0 aromatic rings. The summed E-state index contributed by atoms with van der Waals surface area (Å²) in [7, 11) is 2.39. The lowest BCUT2D eigenvalue weighted by Gasteiger charge is -2.58. The molecule has 7 N–H and O–H groups in total. The van der Waals surface area contributed by atoms with E-state index < -0.39 is 16.9 Å². The Morgan fingerprint density at radius 1 is 0.907 bits per heavy atom. The molecule has 5 aliphatic heterocycles. The van der Waals surface area contributed by atoms with Crippen molar-refractivity contribution < 1.29 is 14.6 Å². The maximum absolute atomic E-state index is 17.1. The number of ether oxygens (including phenoxy) is 1. The molecule has 0 amide bonds. The lowest BCUT2D eigenvalue weighted by atomic mass is 9.48. The van der Waals surface area contributed by atoms with E-state index in [0.29, 0.717) is 36.2 Å². The van der Waals surface area contributed by atoms with Crippen LogP contribution in [0.3, 0.4) is 0 Å². The fourth-order valence-electron chi connectivity index (χ4n) is 16.8. The number of ketones is 1. The van der Waals surface area contributed by atoms with E-state index in [1.165, 1.54) is 70.6 Å². The van der Waals surface area contributed by atoms with Crippen LogP contribution >= 0.6 is 0 Å². The van der Waals surface area contributed by atoms with Gasteiger partial charge >= 0.3 is 0 Å². The van der Waals surface area contributed by atoms with E-state index in [-0.39, 0.29) is 72.4 Å². The van der Waals surface area contributed by atoms with Gasteiger partial charge in [-0.15, -0.1) is 0 Å². The summed E-state index contributed by atoms with van der Waals surface area (Å²) >= 11 is 0. The number of rotatable bonds is 8. The Balaban J connectivity index is 1.23. The molecule has 15 atom stereocenters. The number of aliphatic hydroxyl groups excluding tert-OH is 1. The number of likely N-dealkylation sites (tertiary alicyclic amines) is 1. The van der Waals surface area contributed by atoms with Crippen molar-refractivity contribution in [2.45, 2.75) is 204 Å². The second kappa shape index (κ2) is 14.3. The lowest BCUT2D eigenvalue weighted by Crippen LogP contribution is -2.68. The highest BCUT2D eigenvalue weighted by atomic mass is 16.5. The minimum atomic E-state index is -0.773. The van der Waals surface area contributed by atoms with Crippen LogP contribution in [0.4, 0.5) is 0 Å². The fraction of sp³-hybridized carbons (Fsp3) is 0.978. The van der Waals surface area contributed by atoms with E-state index in [9.17, 15) is 5.11 Å². The topological polar surface area (TPSA) is 124 Å². The first-order valence-corrected chi connectivity index (χ1v) is 23.2. The van der Waals surface area contributed by atoms with Gasteiger partial charge in [-0.05, 0) is 132 Å². The van der Waals surface area contributed by atoms with Crippen LogP contribution < -0.4 is 27.0 Å². The quantitative estimate of drug-likeness (QED) is 0.212. The van der Waals surface area contributed by atoms with Crippen LogP contribution in [0.15, 0.2) is 0 Å². The van der Waals surface area contributed by atoms with Gasteiger partial charge in [0.1, 0.15) is 0 Å². The van der Waals surface area contributed by atoms with Crippen molar-refractivity contribution in [3.05, 3.63) is 0 Å². The van der Waals surface area contributed by atoms with Crippen molar-refractivity contribution in [2.75, 3.05) is 20.2 Å². The van der Waals surface area contributed by atoms with Crippen molar-refractivity contribution in [3.63, 3.8) is 0 Å². The molecule has 306 valence electrons. The standard InChI is InChI=1S/C45H78N6O3/c1-8-44-38-33(14-24(2)3)51(7)41(44)26(5)34(21-43-18-28-15-29(19-43)17-30(16-28)20-43)54-23-25(4)47-39-35(27(6)52)49-37-32(22-46)48-40(45(37,39)42(44)53)36(50-38)31-12-10-9-11-13-31/h24-41,47-50,52H,8-23,46H2,1-7H3/t25-,26+,27+,28?,29?,30?,32+,33+,34-,35-,36+,37?,38?,39?,40?,41?,43?,44?,45?/m1/s1. The number of carbonyl (C=O) groups is 1. The van der Waals surface area contributed by atoms with Gasteiger partial charge < -0.3 is 36.8 Å². The van der Waals surface area contributed by atoms with Crippen LogP contribution in [0.5, 0.6) is 0 Å². The van der Waals surface area contributed by atoms with Crippen molar-refractivity contribution in [1.82, 2.24) is 26.2 Å². The summed E-state index contributed by atoms with van der Waals surface area (Å²) in [4.78, 5) is 19.8. The normalized spacial score (nSPS) is 53.8. The van der Waals surface area contributed by atoms with E-state index in [0.717, 1.165) is 37.0 Å². The molecule has 10 aliphatic rings. The maximum Gasteiger partial charge on any atom is 0.153 e. The number of carbonyl (C=O) groups excluding carboxylic acids is 1. The zero-order chi connectivity index (χ0) is 37.9. The Kier molecular flexibility index (Phi) is 10.3. The highest BCUT2D eigenvalue weighted by molar-refractivity contribution is 5.96. The summed E-state index contributed by atoms with van der Waals surface area (Å²) in [5, 5.41) is 28.4. The molecule has 5 heterocycles. The van der Waals surface area contributed by atoms with Gasteiger partial charge in [-0.3, -0.25) is 9.69 Å². The largest absolute Gasteiger partial charge is 0.392 e. The third-order valence-corrected chi connectivity index (χ3v) is 18.2.